The van der Waals surface area contributed by atoms with Crippen molar-refractivity contribution in [3.63, 3.8) is 0 Å². The first-order valence-corrected chi connectivity index (χ1v) is 7.90. The van der Waals surface area contributed by atoms with Crippen molar-refractivity contribution in [2.45, 2.75) is 12.3 Å². The van der Waals surface area contributed by atoms with Crippen molar-refractivity contribution < 1.29 is 4.79 Å². The van der Waals surface area contributed by atoms with E-state index < -0.39 is 0 Å². The molecular weight excluding hydrogens is 300 g/mol. The molecule has 0 bridgehead atoms. The molecular formula is C19H16N4O. The molecule has 0 aliphatic heterocycles. The fourth-order valence-corrected chi connectivity index (χ4v) is 2.92. The first-order valence-electron chi connectivity index (χ1n) is 7.90. The Kier molecular flexibility index (Phi) is 3.75. The number of fused-ring (bicyclic) bond motifs is 1. The Morgan fingerprint density at radius 3 is 2.79 bits per heavy atom. The number of carbonyl (C=O) groups excluding carboxylic acids is 1. The van der Waals surface area contributed by atoms with Gasteiger partial charge in [-0.05, 0) is 24.0 Å². The molecule has 1 N–H and O–H groups in total. The number of hydrazone groups is 1. The monoisotopic (exact) mass is 316 g/mol. The van der Waals surface area contributed by atoms with E-state index in [0.29, 0.717) is 5.92 Å². The van der Waals surface area contributed by atoms with Gasteiger partial charge in [0, 0.05) is 23.9 Å². The lowest BCUT2D eigenvalue weighted by atomic mass is 10.1. The number of carbonyl (C=O) groups is 1. The summed E-state index contributed by atoms with van der Waals surface area (Å²) >= 11 is 0. The third-order valence-corrected chi connectivity index (χ3v) is 4.26. The predicted molar refractivity (Wildman–Crippen MR) is 92.6 cm³/mol. The van der Waals surface area contributed by atoms with Gasteiger partial charge < -0.3 is 0 Å². The van der Waals surface area contributed by atoms with E-state index in [2.05, 4.69) is 32.6 Å². The van der Waals surface area contributed by atoms with Crippen molar-refractivity contribution in [1.29, 1.82) is 0 Å². The van der Waals surface area contributed by atoms with Crippen molar-refractivity contribution in [2.24, 2.45) is 11.0 Å². The zero-order valence-electron chi connectivity index (χ0n) is 13.0. The van der Waals surface area contributed by atoms with Gasteiger partial charge >= 0.3 is 0 Å². The number of hydrogen-bond donors (Lipinski definition) is 1. The summed E-state index contributed by atoms with van der Waals surface area (Å²) < 4.78 is 0. The molecule has 2 unspecified atom stereocenters. The lowest BCUT2D eigenvalue weighted by Gasteiger charge is -2.01. The van der Waals surface area contributed by atoms with Gasteiger partial charge in [-0.15, -0.1) is 0 Å². The number of nitrogens with one attached hydrogen (secondary N) is 1. The molecule has 4 rings (SSSR count). The normalized spacial score (nSPS) is 19.5. The fraction of sp³-hybridized carbons (Fsp3) is 0.158. The lowest BCUT2D eigenvalue weighted by Crippen LogP contribution is -2.20. The van der Waals surface area contributed by atoms with Crippen LogP contribution >= 0.6 is 0 Å². The zero-order chi connectivity index (χ0) is 16.4. The topological polar surface area (TPSA) is 67.2 Å². The molecule has 2 aromatic carbocycles. The summed E-state index contributed by atoms with van der Waals surface area (Å²) in [5, 5.41) is 4.09. The van der Waals surface area contributed by atoms with Crippen LogP contribution in [0.3, 0.4) is 0 Å². The van der Waals surface area contributed by atoms with E-state index >= 15 is 0 Å². The van der Waals surface area contributed by atoms with Crippen LogP contribution in [0.1, 0.15) is 23.5 Å². The largest absolute Gasteiger partial charge is 0.273 e. The molecule has 1 saturated carbocycles. The van der Waals surface area contributed by atoms with Gasteiger partial charge in [0.25, 0.3) is 0 Å². The number of hydrogen-bond acceptors (Lipinski definition) is 4. The second-order valence-corrected chi connectivity index (χ2v) is 5.86. The first-order chi connectivity index (χ1) is 11.8. The fourth-order valence-electron chi connectivity index (χ4n) is 2.92. The van der Waals surface area contributed by atoms with Gasteiger partial charge in [-0.25, -0.2) is 5.43 Å². The third kappa shape index (κ3) is 2.88. The minimum atomic E-state index is -0.0357. The highest BCUT2D eigenvalue weighted by Crippen LogP contribution is 2.47. The van der Waals surface area contributed by atoms with Crippen LogP contribution in [0.2, 0.25) is 0 Å². The maximum absolute atomic E-state index is 12.2. The Balaban J connectivity index is 1.42. The van der Waals surface area contributed by atoms with E-state index in [0.717, 1.165) is 23.0 Å². The number of para-hydroxylation sites is 1. The van der Waals surface area contributed by atoms with Gasteiger partial charge in [-0.2, -0.15) is 5.10 Å². The van der Waals surface area contributed by atoms with E-state index in [9.17, 15) is 4.79 Å². The van der Waals surface area contributed by atoms with E-state index in [4.69, 9.17) is 0 Å². The minimum Gasteiger partial charge on any atom is -0.273 e. The van der Waals surface area contributed by atoms with Gasteiger partial charge in [-0.3, -0.25) is 14.8 Å². The number of rotatable bonds is 4. The number of nitrogens with zero attached hydrogens (tertiary/aromatic N) is 3. The molecule has 5 nitrogen and oxygen atoms in total. The van der Waals surface area contributed by atoms with Crippen molar-refractivity contribution in [1.82, 2.24) is 15.4 Å². The maximum atomic E-state index is 12.2. The van der Waals surface area contributed by atoms with E-state index in [1.165, 1.54) is 5.56 Å². The van der Waals surface area contributed by atoms with Crippen LogP contribution in [0.15, 0.2) is 66.0 Å². The molecule has 0 spiro atoms. The smallest absolute Gasteiger partial charge is 0.243 e. The molecule has 3 aromatic rings. The van der Waals surface area contributed by atoms with E-state index in [1.807, 2.05) is 36.4 Å². The standard InChI is InChI=1S/C19H16N4O/c24-19(16-11-15(16)13-5-2-1-3-6-13)23-22-12-14-7-4-8-17-18(14)21-10-9-20-17/h1-10,12,15-16H,11H2,(H,23,24). The van der Waals surface area contributed by atoms with Crippen LogP contribution in [-0.4, -0.2) is 22.1 Å². The molecule has 5 heteroatoms. The second-order valence-electron chi connectivity index (χ2n) is 5.86. The van der Waals surface area contributed by atoms with Gasteiger partial charge in [0.2, 0.25) is 5.91 Å². The summed E-state index contributed by atoms with van der Waals surface area (Å²) in [6.07, 6.45) is 5.80. The molecule has 1 amide bonds. The minimum absolute atomic E-state index is 0.0110. The summed E-state index contributed by atoms with van der Waals surface area (Å²) in [5.41, 5.74) is 6.26. The maximum Gasteiger partial charge on any atom is 0.243 e. The molecule has 118 valence electrons. The van der Waals surface area contributed by atoms with Gasteiger partial charge in [0.15, 0.2) is 0 Å². The Morgan fingerprint density at radius 1 is 1.08 bits per heavy atom. The summed E-state index contributed by atoms with van der Waals surface area (Å²) in [7, 11) is 0. The number of amides is 1. The quantitative estimate of drug-likeness (QED) is 0.594. The number of aromatic nitrogens is 2. The molecule has 1 heterocycles. The van der Waals surface area contributed by atoms with Crippen LogP contribution < -0.4 is 5.43 Å². The van der Waals surface area contributed by atoms with Crippen molar-refractivity contribution >= 4 is 23.2 Å². The van der Waals surface area contributed by atoms with Crippen LogP contribution in [0.5, 0.6) is 0 Å². The Labute approximate surface area is 139 Å². The van der Waals surface area contributed by atoms with Crippen molar-refractivity contribution in [2.75, 3.05) is 0 Å². The molecule has 2 atom stereocenters. The Hall–Kier alpha value is -3.08. The van der Waals surface area contributed by atoms with E-state index in [-0.39, 0.29) is 11.8 Å². The molecule has 1 fully saturated rings. The van der Waals surface area contributed by atoms with Gasteiger partial charge in [0.05, 0.1) is 17.2 Å². The Bertz CT molecular complexity index is 902. The second kappa shape index (κ2) is 6.20. The highest BCUT2D eigenvalue weighted by molar-refractivity contribution is 5.96. The average molecular weight is 316 g/mol. The number of benzene rings is 2. The van der Waals surface area contributed by atoms with Crippen molar-refractivity contribution in [3.05, 3.63) is 72.1 Å². The SMILES string of the molecule is O=C(NN=Cc1cccc2nccnc12)C1CC1c1ccccc1. The third-order valence-electron chi connectivity index (χ3n) is 4.26. The molecule has 1 aromatic heterocycles. The van der Waals surface area contributed by atoms with Gasteiger partial charge in [-0.1, -0.05) is 42.5 Å². The van der Waals surface area contributed by atoms with Crippen LogP contribution in [0, 0.1) is 5.92 Å². The molecule has 1 aliphatic rings. The Morgan fingerprint density at radius 2 is 1.92 bits per heavy atom. The average Bonchev–Trinajstić information content (AvgIpc) is 3.43. The molecule has 1 aliphatic carbocycles. The van der Waals surface area contributed by atoms with Crippen LogP contribution in [0.4, 0.5) is 0 Å². The summed E-state index contributed by atoms with van der Waals surface area (Å²) in [5.74, 6) is 0.285. The van der Waals surface area contributed by atoms with Crippen LogP contribution in [0.25, 0.3) is 11.0 Å². The molecule has 0 radical (unpaired) electrons. The van der Waals surface area contributed by atoms with Crippen molar-refractivity contribution in [3.8, 4) is 0 Å². The van der Waals surface area contributed by atoms with Crippen LogP contribution in [-0.2, 0) is 4.79 Å². The highest BCUT2D eigenvalue weighted by Gasteiger charge is 2.43. The summed E-state index contributed by atoms with van der Waals surface area (Å²) in [6, 6.07) is 15.8. The highest BCUT2D eigenvalue weighted by atomic mass is 16.2. The summed E-state index contributed by atoms with van der Waals surface area (Å²) in [6.45, 7) is 0. The first kappa shape index (κ1) is 14.5. The lowest BCUT2D eigenvalue weighted by molar-refractivity contribution is -0.122. The summed E-state index contributed by atoms with van der Waals surface area (Å²) in [4.78, 5) is 20.8. The van der Waals surface area contributed by atoms with Gasteiger partial charge in [0.1, 0.15) is 0 Å². The zero-order valence-corrected chi connectivity index (χ0v) is 13.0. The predicted octanol–water partition coefficient (Wildman–Crippen LogP) is 2.88. The van der Waals surface area contributed by atoms with E-state index in [1.54, 1.807) is 18.6 Å². The molecule has 24 heavy (non-hydrogen) atoms. The molecule has 0 saturated heterocycles.